The van der Waals surface area contributed by atoms with E-state index in [2.05, 4.69) is 19.9 Å². The SMILES string of the molecule is O=C(CO)c1ncc2[nH]c(-c3ccco3)nc2n1. The highest BCUT2D eigenvalue weighted by Crippen LogP contribution is 2.19. The van der Waals surface area contributed by atoms with Crippen LogP contribution in [-0.4, -0.2) is 37.4 Å². The van der Waals surface area contributed by atoms with Gasteiger partial charge in [-0.05, 0) is 12.1 Å². The minimum Gasteiger partial charge on any atom is -0.461 e. The number of fused-ring (bicyclic) bond motifs is 1. The van der Waals surface area contributed by atoms with E-state index in [1.54, 1.807) is 12.1 Å². The number of nitrogens with zero attached hydrogens (tertiary/aromatic N) is 3. The van der Waals surface area contributed by atoms with Gasteiger partial charge in [-0.25, -0.2) is 15.0 Å². The maximum absolute atomic E-state index is 11.3. The molecule has 7 heteroatoms. The van der Waals surface area contributed by atoms with E-state index in [9.17, 15) is 4.79 Å². The zero-order valence-electron chi connectivity index (χ0n) is 9.12. The monoisotopic (exact) mass is 244 g/mol. The summed E-state index contributed by atoms with van der Waals surface area (Å²) >= 11 is 0. The lowest BCUT2D eigenvalue weighted by Gasteiger charge is -1.93. The third-order valence-corrected chi connectivity index (χ3v) is 2.39. The van der Waals surface area contributed by atoms with Gasteiger partial charge in [0.1, 0.15) is 12.1 Å². The summed E-state index contributed by atoms with van der Waals surface area (Å²) in [6, 6.07) is 3.50. The molecule has 0 fully saturated rings. The molecule has 18 heavy (non-hydrogen) atoms. The fourth-order valence-corrected chi connectivity index (χ4v) is 1.54. The Morgan fingerprint density at radius 3 is 3.06 bits per heavy atom. The zero-order chi connectivity index (χ0) is 12.5. The van der Waals surface area contributed by atoms with Crippen LogP contribution in [0.25, 0.3) is 22.7 Å². The Morgan fingerprint density at radius 2 is 2.33 bits per heavy atom. The Bertz CT molecular complexity index is 702. The number of ketones is 1. The third-order valence-electron chi connectivity index (χ3n) is 2.39. The molecule has 3 rings (SSSR count). The fourth-order valence-electron chi connectivity index (χ4n) is 1.54. The number of rotatable bonds is 3. The van der Waals surface area contributed by atoms with Crippen molar-refractivity contribution in [3.63, 3.8) is 0 Å². The second-order valence-corrected chi connectivity index (χ2v) is 3.57. The Balaban J connectivity index is 2.10. The summed E-state index contributed by atoms with van der Waals surface area (Å²) in [5.41, 5.74) is 0.948. The molecule has 3 heterocycles. The number of carbonyl (C=O) groups excluding carboxylic acids is 1. The quantitative estimate of drug-likeness (QED) is 0.660. The van der Waals surface area contributed by atoms with E-state index in [1.165, 1.54) is 12.5 Å². The molecule has 0 aliphatic rings. The van der Waals surface area contributed by atoms with E-state index < -0.39 is 12.4 Å². The number of carbonyl (C=O) groups is 1. The first-order valence-electron chi connectivity index (χ1n) is 5.18. The number of aromatic amines is 1. The minimum atomic E-state index is -0.624. The number of hydrogen-bond acceptors (Lipinski definition) is 6. The predicted octanol–water partition coefficient (Wildman–Crippen LogP) is 0.788. The van der Waals surface area contributed by atoms with Gasteiger partial charge in [-0.15, -0.1) is 0 Å². The van der Waals surface area contributed by atoms with Crippen molar-refractivity contribution in [3.8, 4) is 11.6 Å². The number of aliphatic hydroxyl groups excluding tert-OH is 1. The number of H-pyrrole nitrogens is 1. The topological polar surface area (TPSA) is 105 Å². The Hall–Kier alpha value is -2.54. The lowest BCUT2D eigenvalue weighted by molar-refractivity contribution is 0.0893. The smallest absolute Gasteiger partial charge is 0.225 e. The highest BCUT2D eigenvalue weighted by Gasteiger charge is 2.13. The summed E-state index contributed by atoms with van der Waals surface area (Å²) in [5.74, 6) is 0.489. The molecule has 90 valence electrons. The van der Waals surface area contributed by atoms with Crippen LogP contribution < -0.4 is 0 Å². The molecule has 0 atom stereocenters. The van der Waals surface area contributed by atoms with Crippen LogP contribution in [0.15, 0.2) is 29.0 Å². The van der Waals surface area contributed by atoms with Crippen LogP contribution in [0.2, 0.25) is 0 Å². The molecule has 7 nitrogen and oxygen atoms in total. The van der Waals surface area contributed by atoms with Crippen molar-refractivity contribution in [1.29, 1.82) is 0 Å². The molecule has 0 aromatic carbocycles. The van der Waals surface area contributed by atoms with Crippen molar-refractivity contribution in [2.24, 2.45) is 0 Å². The average Bonchev–Trinajstić information content (AvgIpc) is 3.04. The molecule has 3 aromatic heterocycles. The van der Waals surface area contributed by atoms with E-state index in [0.29, 0.717) is 22.7 Å². The van der Waals surface area contributed by atoms with Gasteiger partial charge in [-0.2, -0.15) is 0 Å². The standard InChI is InChI=1S/C11H8N4O3/c16-5-7(17)10-12-4-6-9(14-10)15-11(13-6)8-2-1-3-18-8/h1-4,16H,5H2,(H,12,13,14,15). The van der Waals surface area contributed by atoms with Crippen LogP contribution in [0.4, 0.5) is 0 Å². The Morgan fingerprint density at radius 1 is 1.44 bits per heavy atom. The zero-order valence-corrected chi connectivity index (χ0v) is 9.12. The lowest BCUT2D eigenvalue weighted by atomic mass is 10.4. The number of aliphatic hydroxyl groups is 1. The Kier molecular flexibility index (Phi) is 2.38. The summed E-state index contributed by atoms with van der Waals surface area (Å²) in [4.78, 5) is 26.3. The summed E-state index contributed by atoms with van der Waals surface area (Å²) < 4.78 is 5.20. The van der Waals surface area contributed by atoms with Crippen LogP contribution in [0.5, 0.6) is 0 Å². The van der Waals surface area contributed by atoms with Crippen molar-refractivity contribution in [2.45, 2.75) is 0 Å². The number of nitrogens with one attached hydrogen (secondary N) is 1. The first kappa shape index (κ1) is 10.6. The second-order valence-electron chi connectivity index (χ2n) is 3.57. The predicted molar refractivity (Wildman–Crippen MR) is 60.8 cm³/mol. The molecule has 0 radical (unpaired) electrons. The van der Waals surface area contributed by atoms with E-state index in [-0.39, 0.29) is 5.82 Å². The number of imidazole rings is 1. The molecule has 0 amide bonds. The van der Waals surface area contributed by atoms with Gasteiger partial charge in [0.25, 0.3) is 0 Å². The molecule has 3 aromatic rings. The maximum Gasteiger partial charge on any atom is 0.225 e. The Labute approximate surface area is 101 Å². The molecule has 0 aliphatic heterocycles. The number of Topliss-reactive ketones (excluding diaryl/α,β-unsaturated/α-hetero) is 1. The van der Waals surface area contributed by atoms with Gasteiger partial charge in [0.2, 0.25) is 11.6 Å². The fraction of sp³-hybridized carbons (Fsp3) is 0.0909. The number of aromatic nitrogens is 4. The maximum atomic E-state index is 11.3. The van der Waals surface area contributed by atoms with E-state index in [0.717, 1.165) is 0 Å². The van der Waals surface area contributed by atoms with Crippen LogP contribution in [0.1, 0.15) is 10.6 Å². The van der Waals surface area contributed by atoms with Gasteiger partial charge in [0.05, 0.1) is 12.5 Å². The summed E-state index contributed by atoms with van der Waals surface area (Å²) in [6.45, 7) is -0.624. The molecule has 0 saturated heterocycles. The molecule has 2 N–H and O–H groups in total. The van der Waals surface area contributed by atoms with Gasteiger partial charge in [0.15, 0.2) is 17.2 Å². The van der Waals surface area contributed by atoms with Gasteiger partial charge in [0, 0.05) is 0 Å². The van der Waals surface area contributed by atoms with E-state index in [1.807, 2.05) is 0 Å². The molecule has 0 bridgehead atoms. The van der Waals surface area contributed by atoms with Crippen molar-refractivity contribution in [1.82, 2.24) is 19.9 Å². The third kappa shape index (κ3) is 1.66. The van der Waals surface area contributed by atoms with Gasteiger partial charge in [-0.3, -0.25) is 4.79 Å². The average molecular weight is 244 g/mol. The van der Waals surface area contributed by atoms with E-state index >= 15 is 0 Å². The van der Waals surface area contributed by atoms with Crippen molar-refractivity contribution >= 4 is 16.9 Å². The number of hydrogen-bond donors (Lipinski definition) is 2. The highest BCUT2D eigenvalue weighted by atomic mass is 16.3. The molecular formula is C11H8N4O3. The molecule has 0 saturated carbocycles. The molecule has 0 spiro atoms. The van der Waals surface area contributed by atoms with Crippen LogP contribution >= 0.6 is 0 Å². The van der Waals surface area contributed by atoms with Crippen LogP contribution in [0, 0.1) is 0 Å². The molecule has 0 unspecified atom stereocenters. The van der Waals surface area contributed by atoms with Crippen LogP contribution in [-0.2, 0) is 0 Å². The normalized spacial score (nSPS) is 10.9. The van der Waals surface area contributed by atoms with E-state index in [4.69, 9.17) is 9.52 Å². The summed E-state index contributed by atoms with van der Waals surface area (Å²) in [6.07, 6.45) is 2.99. The largest absolute Gasteiger partial charge is 0.461 e. The second kappa shape index (κ2) is 4.04. The van der Waals surface area contributed by atoms with Crippen molar-refractivity contribution in [2.75, 3.05) is 6.61 Å². The first-order chi connectivity index (χ1) is 8.78. The number of furan rings is 1. The molecule has 0 aliphatic carbocycles. The minimum absolute atomic E-state index is 0.0532. The highest BCUT2D eigenvalue weighted by molar-refractivity contribution is 5.94. The molecular weight excluding hydrogens is 236 g/mol. The van der Waals surface area contributed by atoms with Crippen LogP contribution in [0.3, 0.4) is 0 Å². The lowest BCUT2D eigenvalue weighted by Crippen LogP contribution is -2.09. The van der Waals surface area contributed by atoms with Crippen molar-refractivity contribution in [3.05, 3.63) is 30.4 Å². The van der Waals surface area contributed by atoms with Gasteiger partial charge in [-0.1, -0.05) is 0 Å². The summed E-state index contributed by atoms with van der Waals surface area (Å²) in [7, 11) is 0. The first-order valence-corrected chi connectivity index (χ1v) is 5.18. The van der Waals surface area contributed by atoms with Gasteiger partial charge >= 0.3 is 0 Å². The summed E-state index contributed by atoms with van der Waals surface area (Å²) in [5, 5.41) is 8.74. The van der Waals surface area contributed by atoms with Crippen molar-refractivity contribution < 1.29 is 14.3 Å². The van der Waals surface area contributed by atoms with Gasteiger partial charge < -0.3 is 14.5 Å².